The Labute approximate surface area is 137 Å². The number of nitrogens with two attached hydrogens (primary N) is 1. The standard InChI is InChI=1S/C15H14FN3O4S/c16-10-1-6-13-14(17)7-8-18(15(13)9-10)24(22,23)12-4-2-11(3-5-12)19(20)21/h1-6,9,14H,7-8,17H2/t14-/m0/s1. The summed E-state index contributed by atoms with van der Waals surface area (Å²) < 4.78 is 40.4. The van der Waals surface area contributed by atoms with Crippen molar-refractivity contribution in [2.45, 2.75) is 17.4 Å². The largest absolute Gasteiger partial charge is 0.324 e. The Hall–Kier alpha value is -2.52. The van der Waals surface area contributed by atoms with Crippen LogP contribution in [0.5, 0.6) is 0 Å². The summed E-state index contributed by atoms with van der Waals surface area (Å²) in [6, 6.07) is 8.06. The zero-order valence-electron chi connectivity index (χ0n) is 12.4. The Balaban J connectivity index is 2.06. The van der Waals surface area contributed by atoms with E-state index in [-0.39, 0.29) is 28.9 Å². The molecule has 3 rings (SSSR count). The molecule has 0 saturated carbocycles. The molecule has 0 saturated heterocycles. The summed E-state index contributed by atoms with van der Waals surface area (Å²) in [6.45, 7) is 0.108. The van der Waals surface area contributed by atoms with Gasteiger partial charge in [-0.25, -0.2) is 12.8 Å². The molecule has 126 valence electrons. The van der Waals surface area contributed by atoms with Crippen molar-refractivity contribution in [2.24, 2.45) is 5.73 Å². The first-order valence-corrected chi connectivity index (χ1v) is 8.57. The maximum atomic E-state index is 13.6. The molecule has 0 unspecified atom stereocenters. The van der Waals surface area contributed by atoms with Crippen molar-refractivity contribution in [3.63, 3.8) is 0 Å². The van der Waals surface area contributed by atoms with Gasteiger partial charge in [-0.1, -0.05) is 6.07 Å². The second kappa shape index (κ2) is 5.84. The zero-order valence-corrected chi connectivity index (χ0v) is 13.2. The second-order valence-corrected chi connectivity index (χ2v) is 7.29. The summed E-state index contributed by atoms with van der Waals surface area (Å²) >= 11 is 0. The topological polar surface area (TPSA) is 107 Å². The number of nitro benzene ring substituents is 1. The van der Waals surface area contributed by atoms with Crippen LogP contribution in [0.15, 0.2) is 47.4 Å². The fourth-order valence-corrected chi connectivity index (χ4v) is 4.19. The Bertz CT molecular complexity index is 899. The summed E-state index contributed by atoms with van der Waals surface area (Å²) in [7, 11) is -3.97. The summed E-state index contributed by atoms with van der Waals surface area (Å²) in [5, 5.41) is 10.7. The molecule has 2 aromatic carbocycles. The van der Waals surface area contributed by atoms with Crippen LogP contribution in [-0.2, 0) is 10.0 Å². The van der Waals surface area contributed by atoms with Crippen LogP contribution in [0.2, 0.25) is 0 Å². The van der Waals surface area contributed by atoms with E-state index >= 15 is 0 Å². The van der Waals surface area contributed by atoms with E-state index < -0.39 is 20.8 Å². The van der Waals surface area contributed by atoms with Crippen LogP contribution in [0.25, 0.3) is 0 Å². The Morgan fingerprint density at radius 3 is 2.50 bits per heavy atom. The molecule has 0 spiro atoms. The molecule has 0 amide bonds. The smallest absolute Gasteiger partial charge is 0.269 e. The molecule has 1 atom stereocenters. The fraction of sp³-hybridized carbons (Fsp3) is 0.200. The van der Waals surface area contributed by atoms with Crippen molar-refractivity contribution in [2.75, 3.05) is 10.8 Å². The first-order valence-electron chi connectivity index (χ1n) is 7.13. The van der Waals surface area contributed by atoms with Crippen LogP contribution >= 0.6 is 0 Å². The summed E-state index contributed by atoms with van der Waals surface area (Å²) in [6.07, 6.45) is 0.394. The lowest BCUT2D eigenvalue weighted by atomic mass is 9.99. The highest BCUT2D eigenvalue weighted by Crippen LogP contribution is 2.36. The third-order valence-corrected chi connectivity index (χ3v) is 5.77. The highest BCUT2D eigenvalue weighted by Gasteiger charge is 2.32. The van der Waals surface area contributed by atoms with Crippen molar-refractivity contribution < 1.29 is 17.7 Å². The summed E-state index contributed by atoms with van der Waals surface area (Å²) in [4.78, 5) is 9.98. The maximum Gasteiger partial charge on any atom is 0.269 e. The monoisotopic (exact) mass is 351 g/mol. The number of hydrogen-bond acceptors (Lipinski definition) is 5. The second-order valence-electron chi connectivity index (χ2n) is 5.43. The van der Waals surface area contributed by atoms with Gasteiger partial charge < -0.3 is 5.73 Å². The Morgan fingerprint density at radius 1 is 1.21 bits per heavy atom. The highest BCUT2D eigenvalue weighted by atomic mass is 32.2. The molecule has 0 bridgehead atoms. The zero-order chi connectivity index (χ0) is 17.5. The van der Waals surface area contributed by atoms with Crippen LogP contribution in [0.4, 0.5) is 15.8 Å². The van der Waals surface area contributed by atoms with E-state index in [4.69, 9.17) is 5.73 Å². The number of non-ortho nitro benzene ring substituents is 1. The van der Waals surface area contributed by atoms with Gasteiger partial charge in [0.25, 0.3) is 15.7 Å². The SMILES string of the molecule is N[C@H]1CCN(S(=O)(=O)c2ccc([N+](=O)[O-])cc2)c2cc(F)ccc21. The van der Waals surface area contributed by atoms with Gasteiger partial charge in [-0.15, -0.1) is 0 Å². The molecule has 0 radical (unpaired) electrons. The molecule has 7 nitrogen and oxygen atoms in total. The number of nitrogens with zero attached hydrogens (tertiary/aromatic N) is 2. The van der Waals surface area contributed by atoms with Crippen LogP contribution in [0.1, 0.15) is 18.0 Å². The number of rotatable bonds is 3. The van der Waals surface area contributed by atoms with E-state index in [2.05, 4.69) is 0 Å². The Kier molecular flexibility index (Phi) is 3.98. The lowest BCUT2D eigenvalue weighted by Crippen LogP contribution is -2.38. The number of benzene rings is 2. The third kappa shape index (κ3) is 2.72. The Morgan fingerprint density at radius 2 is 1.88 bits per heavy atom. The minimum absolute atomic E-state index is 0.0983. The number of anilines is 1. The third-order valence-electron chi connectivity index (χ3n) is 3.94. The summed E-state index contributed by atoms with van der Waals surface area (Å²) in [5.41, 5.74) is 6.52. The summed E-state index contributed by atoms with van der Waals surface area (Å²) in [5.74, 6) is -0.563. The van der Waals surface area contributed by atoms with E-state index in [1.54, 1.807) is 0 Å². The molecule has 0 aliphatic carbocycles. The molecule has 1 aliphatic rings. The van der Waals surface area contributed by atoms with Crippen LogP contribution in [-0.4, -0.2) is 19.9 Å². The van der Waals surface area contributed by atoms with Gasteiger partial charge in [-0.05, 0) is 36.2 Å². The number of nitro groups is 1. The normalized spacial score (nSPS) is 17.4. The van der Waals surface area contributed by atoms with E-state index in [0.29, 0.717) is 12.0 Å². The molecular weight excluding hydrogens is 337 g/mol. The fourth-order valence-electron chi connectivity index (χ4n) is 2.70. The lowest BCUT2D eigenvalue weighted by Gasteiger charge is -2.33. The van der Waals surface area contributed by atoms with E-state index in [0.717, 1.165) is 22.5 Å². The molecule has 1 heterocycles. The van der Waals surface area contributed by atoms with Crippen molar-refractivity contribution in [1.82, 2.24) is 0 Å². The van der Waals surface area contributed by atoms with Gasteiger partial charge in [0.1, 0.15) is 5.82 Å². The van der Waals surface area contributed by atoms with Gasteiger partial charge in [0.05, 0.1) is 15.5 Å². The average Bonchev–Trinajstić information content (AvgIpc) is 2.54. The van der Waals surface area contributed by atoms with Gasteiger partial charge >= 0.3 is 0 Å². The molecule has 0 fully saturated rings. The van der Waals surface area contributed by atoms with Crippen molar-refractivity contribution in [3.8, 4) is 0 Å². The minimum atomic E-state index is -3.97. The molecule has 2 N–H and O–H groups in total. The predicted molar refractivity (Wildman–Crippen MR) is 85.6 cm³/mol. The number of fused-ring (bicyclic) bond motifs is 1. The van der Waals surface area contributed by atoms with Gasteiger partial charge in [0.2, 0.25) is 0 Å². The van der Waals surface area contributed by atoms with Crippen molar-refractivity contribution in [3.05, 3.63) is 64.0 Å². The van der Waals surface area contributed by atoms with E-state index in [1.165, 1.54) is 24.3 Å². The van der Waals surface area contributed by atoms with Crippen LogP contribution in [0, 0.1) is 15.9 Å². The number of hydrogen-bond donors (Lipinski definition) is 1. The average molecular weight is 351 g/mol. The molecule has 9 heteroatoms. The minimum Gasteiger partial charge on any atom is -0.324 e. The molecule has 1 aliphatic heterocycles. The van der Waals surface area contributed by atoms with Gasteiger partial charge in [0, 0.05) is 24.7 Å². The molecule has 24 heavy (non-hydrogen) atoms. The van der Waals surface area contributed by atoms with Crippen LogP contribution in [0.3, 0.4) is 0 Å². The number of sulfonamides is 1. The van der Waals surface area contributed by atoms with E-state index in [9.17, 15) is 22.9 Å². The van der Waals surface area contributed by atoms with Crippen molar-refractivity contribution in [1.29, 1.82) is 0 Å². The predicted octanol–water partition coefficient (Wildman–Crippen LogP) is 2.33. The molecular formula is C15H14FN3O4S. The first-order chi connectivity index (χ1) is 11.3. The first kappa shape index (κ1) is 16.3. The number of halogens is 1. The quantitative estimate of drug-likeness (QED) is 0.675. The van der Waals surface area contributed by atoms with Gasteiger partial charge in [-0.3, -0.25) is 14.4 Å². The van der Waals surface area contributed by atoms with Crippen molar-refractivity contribution >= 4 is 21.4 Å². The molecule has 0 aromatic heterocycles. The van der Waals surface area contributed by atoms with Crippen LogP contribution < -0.4 is 10.0 Å². The molecule has 2 aromatic rings. The highest BCUT2D eigenvalue weighted by molar-refractivity contribution is 7.92. The lowest BCUT2D eigenvalue weighted by molar-refractivity contribution is -0.384. The van der Waals surface area contributed by atoms with Gasteiger partial charge in [-0.2, -0.15) is 0 Å². The van der Waals surface area contributed by atoms with Gasteiger partial charge in [0.15, 0.2) is 0 Å². The maximum absolute atomic E-state index is 13.6. The van der Waals surface area contributed by atoms with E-state index in [1.807, 2.05) is 0 Å².